The Kier molecular flexibility index (Phi) is 5.10. The fourth-order valence-corrected chi connectivity index (χ4v) is 2.77. The molecule has 0 saturated heterocycles. The first-order valence-corrected chi connectivity index (χ1v) is 7.15. The fourth-order valence-electron chi connectivity index (χ4n) is 2.45. The Morgan fingerprint density at radius 1 is 1.05 bits per heavy atom. The van der Waals surface area contributed by atoms with Crippen LogP contribution >= 0.6 is 11.6 Å². The average Bonchev–Trinajstić information content (AvgIpc) is 2.47. The van der Waals surface area contributed by atoms with E-state index >= 15 is 0 Å². The molecule has 0 heterocycles. The van der Waals surface area contributed by atoms with Gasteiger partial charge in [-0.2, -0.15) is 0 Å². The number of aryl methyl sites for hydroxylation is 1. The van der Waals surface area contributed by atoms with E-state index in [4.69, 9.17) is 21.1 Å². The summed E-state index contributed by atoms with van der Waals surface area (Å²) in [5.41, 5.74) is 4.51. The number of ether oxygens (including phenoxy) is 2. The molecule has 3 nitrogen and oxygen atoms in total. The highest BCUT2D eigenvalue weighted by Gasteiger charge is 2.15. The molecule has 2 aromatic rings. The van der Waals surface area contributed by atoms with Crippen LogP contribution < -0.4 is 14.8 Å². The van der Waals surface area contributed by atoms with E-state index in [0.29, 0.717) is 16.5 Å². The molecule has 0 unspecified atom stereocenters. The maximum absolute atomic E-state index is 6.34. The van der Waals surface area contributed by atoms with Gasteiger partial charge in [0.15, 0.2) is 0 Å². The monoisotopic (exact) mass is 305 g/mol. The minimum atomic E-state index is 0.496. The van der Waals surface area contributed by atoms with Gasteiger partial charge in [0.1, 0.15) is 16.5 Å². The fraction of sp³-hybridized carbons (Fsp3) is 0.294. The lowest BCUT2D eigenvalue weighted by molar-refractivity contribution is 0.396. The summed E-state index contributed by atoms with van der Waals surface area (Å²) < 4.78 is 10.7. The van der Waals surface area contributed by atoms with Gasteiger partial charge in [-0.15, -0.1) is 0 Å². The van der Waals surface area contributed by atoms with Crippen molar-refractivity contribution in [3.8, 4) is 22.6 Å². The summed E-state index contributed by atoms with van der Waals surface area (Å²) in [6.07, 6.45) is 0. The zero-order valence-electron chi connectivity index (χ0n) is 12.8. The quantitative estimate of drug-likeness (QED) is 0.904. The topological polar surface area (TPSA) is 30.5 Å². The minimum absolute atomic E-state index is 0.496. The molecule has 0 bridgehead atoms. The molecule has 0 aliphatic rings. The summed E-state index contributed by atoms with van der Waals surface area (Å²) in [7, 11) is 5.16. The van der Waals surface area contributed by atoms with Crippen molar-refractivity contribution in [1.29, 1.82) is 0 Å². The van der Waals surface area contributed by atoms with Gasteiger partial charge in [-0.05, 0) is 42.8 Å². The first-order chi connectivity index (χ1) is 10.1. The third kappa shape index (κ3) is 3.14. The smallest absolute Gasteiger partial charge is 0.149 e. The lowest BCUT2D eigenvalue weighted by atomic mass is 9.97. The van der Waals surface area contributed by atoms with Crippen LogP contribution in [0.15, 0.2) is 30.3 Å². The second kappa shape index (κ2) is 6.83. The van der Waals surface area contributed by atoms with Gasteiger partial charge in [-0.25, -0.2) is 0 Å². The molecule has 0 aliphatic carbocycles. The molecule has 21 heavy (non-hydrogen) atoms. The molecule has 0 saturated carbocycles. The van der Waals surface area contributed by atoms with Crippen LogP contribution in [0.2, 0.25) is 5.02 Å². The number of hydrogen-bond donors (Lipinski definition) is 1. The Labute approximate surface area is 130 Å². The van der Waals surface area contributed by atoms with Crippen molar-refractivity contribution in [2.75, 3.05) is 21.3 Å². The third-order valence-corrected chi connectivity index (χ3v) is 3.81. The number of halogens is 1. The Morgan fingerprint density at radius 3 is 2.33 bits per heavy atom. The second-order valence-corrected chi connectivity index (χ2v) is 5.22. The first-order valence-electron chi connectivity index (χ1n) is 6.77. The summed E-state index contributed by atoms with van der Waals surface area (Å²) in [5, 5.41) is 3.65. The Morgan fingerprint density at radius 2 is 1.76 bits per heavy atom. The van der Waals surface area contributed by atoms with Gasteiger partial charge in [0.05, 0.1) is 14.2 Å². The Balaban J connectivity index is 2.54. The van der Waals surface area contributed by atoms with Crippen LogP contribution in [0, 0.1) is 6.92 Å². The van der Waals surface area contributed by atoms with Gasteiger partial charge in [0.25, 0.3) is 0 Å². The Hall–Kier alpha value is -1.71. The van der Waals surface area contributed by atoms with E-state index in [0.717, 1.165) is 17.7 Å². The van der Waals surface area contributed by atoms with Gasteiger partial charge in [-0.1, -0.05) is 29.8 Å². The van der Waals surface area contributed by atoms with Crippen molar-refractivity contribution in [2.45, 2.75) is 13.5 Å². The highest BCUT2D eigenvalue weighted by Crippen LogP contribution is 2.42. The molecule has 0 amide bonds. The summed E-state index contributed by atoms with van der Waals surface area (Å²) >= 11 is 6.34. The standard InChI is InChI=1S/C17H20ClNO2/c1-11-9-12(10-19-2)5-6-13(11)14-7-8-15(20-3)16(18)17(14)21-4/h5-9,19H,10H2,1-4H3. The van der Waals surface area contributed by atoms with Crippen LogP contribution in [0.1, 0.15) is 11.1 Å². The van der Waals surface area contributed by atoms with E-state index in [9.17, 15) is 0 Å². The molecule has 4 heteroatoms. The van der Waals surface area contributed by atoms with Crippen LogP contribution in [-0.4, -0.2) is 21.3 Å². The number of methoxy groups -OCH3 is 2. The lowest BCUT2D eigenvalue weighted by Crippen LogP contribution is -2.05. The molecule has 0 fully saturated rings. The van der Waals surface area contributed by atoms with Gasteiger partial charge >= 0.3 is 0 Å². The number of rotatable bonds is 5. The molecule has 2 rings (SSSR count). The molecule has 1 N–H and O–H groups in total. The van der Waals surface area contributed by atoms with Crippen LogP contribution in [0.4, 0.5) is 0 Å². The number of benzene rings is 2. The van der Waals surface area contributed by atoms with E-state index < -0.39 is 0 Å². The van der Waals surface area contributed by atoms with E-state index in [2.05, 4.69) is 30.4 Å². The van der Waals surface area contributed by atoms with E-state index in [-0.39, 0.29) is 0 Å². The highest BCUT2D eigenvalue weighted by molar-refractivity contribution is 6.34. The van der Waals surface area contributed by atoms with Crippen molar-refractivity contribution < 1.29 is 9.47 Å². The van der Waals surface area contributed by atoms with Gasteiger partial charge < -0.3 is 14.8 Å². The predicted octanol–water partition coefficient (Wildman–Crippen LogP) is 4.05. The van der Waals surface area contributed by atoms with Crippen LogP contribution in [-0.2, 0) is 6.54 Å². The molecular weight excluding hydrogens is 286 g/mol. The average molecular weight is 306 g/mol. The van der Waals surface area contributed by atoms with Gasteiger partial charge in [0.2, 0.25) is 0 Å². The molecular formula is C17H20ClNO2. The molecule has 0 atom stereocenters. The van der Waals surface area contributed by atoms with Gasteiger partial charge in [0, 0.05) is 12.1 Å². The van der Waals surface area contributed by atoms with Crippen molar-refractivity contribution in [2.24, 2.45) is 0 Å². The van der Waals surface area contributed by atoms with Crippen LogP contribution in [0.3, 0.4) is 0 Å². The maximum atomic E-state index is 6.34. The molecule has 2 aromatic carbocycles. The highest BCUT2D eigenvalue weighted by atomic mass is 35.5. The zero-order valence-corrected chi connectivity index (χ0v) is 13.5. The van der Waals surface area contributed by atoms with Crippen molar-refractivity contribution in [3.63, 3.8) is 0 Å². The number of hydrogen-bond acceptors (Lipinski definition) is 3. The molecule has 0 spiro atoms. The van der Waals surface area contributed by atoms with Gasteiger partial charge in [-0.3, -0.25) is 0 Å². The SMILES string of the molecule is CNCc1ccc(-c2ccc(OC)c(Cl)c2OC)c(C)c1. The third-order valence-electron chi connectivity index (χ3n) is 3.45. The van der Waals surface area contributed by atoms with Crippen molar-refractivity contribution in [1.82, 2.24) is 5.32 Å². The van der Waals surface area contributed by atoms with Crippen molar-refractivity contribution in [3.05, 3.63) is 46.5 Å². The molecule has 0 aliphatic heterocycles. The van der Waals surface area contributed by atoms with Crippen LogP contribution in [0.5, 0.6) is 11.5 Å². The summed E-state index contributed by atoms with van der Waals surface area (Å²) in [5.74, 6) is 1.25. The molecule has 0 aromatic heterocycles. The van der Waals surface area contributed by atoms with E-state index in [1.807, 2.05) is 19.2 Å². The van der Waals surface area contributed by atoms with E-state index in [1.165, 1.54) is 11.1 Å². The Bertz CT molecular complexity index is 641. The first kappa shape index (κ1) is 15.7. The largest absolute Gasteiger partial charge is 0.495 e. The summed E-state index contributed by atoms with van der Waals surface area (Å²) in [6.45, 7) is 2.94. The molecule has 0 radical (unpaired) electrons. The minimum Gasteiger partial charge on any atom is -0.495 e. The number of nitrogens with one attached hydrogen (secondary N) is 1. The summed E-state index contributed by atoms with van der Waals surface area (Å²) in [4.78, 5) is 0. The van der Waals surface area contributed by atoms with Crippen molar-refractivity contribution >= 4 is 11.6 Å². The molecule has 112 valence electrons. The predicted molar refractivity (Wildman–Crippen MR) is 87.5 cm³/mol. The van der Waals surface area contributed by atoms with E-state index in [1.54, 1.807) is 14.2 Å². The maximum Gasteiger partial charge on any atom is 0.149 e. The lowest BCUT2D eigenvalue weighted by Gasteiger charge is -2.15. The summed E-state index contributed by atoms with van der Waals surface area (Å²) in [6, 6.07) is 10.2. The normalized spacial score (nSPS) is 10.5. The second-order valence-electron chi connectivity index (χ2n) is 4.84. The zero-order chi connectivity index (χ0) is 15.4. The van der Waals surface area contributed by atoms with Crippen LogP contribution in [0.25, 0.3) is 11.1 Å².